The minimum atomic E-state index is -1.35. The third-order valence-corrected chi connectivity index (χ3v) is 7.81. The second-order valence-electron chi connectivity index (χ2n) is 10.4. The van der Waals surface area contributed by atoms with Gasteiger partial charge in [-0.15, -0.1) is 0 Å². The molecule has 41 heavy (non-hydrogen) atoms. The molecule has 0 saturated heterocycles. The summed E-state index contributed by atoms with van der Waals surface area (Å²) >= 11 is 0. The summed E-state index contributed by atoms with van der Waals surface area (Å²) in [4.78, 5) is 44.8. The fourth-order valence-electron chi connectivity index (χ4n) is 5.77. The number of carboxylic acids is 2. The first kappa shape index (κ1) is 26.1. The van der Waals surface area contributed by atoms with E-state index in [1.807, 2.05) is 6.07 Å². The number of carbonyl (C=O) groups is 3. The van der Waals surface area contributed by atoms with Gasteiger partial charge in [-0.25, -0.2) is 14.6 Å². The van der Waals surface area contributed by atoms with Crippen molar-refractivity contribution < 1.29 is 29.7 Å². The maximum absolute atomic E-state index is 13.3. The van der Waals surface area contributed by atoms with Crippen molar-refractivity contribution in [1.29, 1.82) is 0 Å². The number of nitrogens with zero attached hydrogens (tertiary/aromatic N) is 2. The van der Waals surface area contributed by atoms with E-state index in [1.165, 1.54) is 24.8 Å². The van der Waals surface area contributed by atoms with E-state index in [9.17, 15) is 29.7 Å². The number of phenolic OH excluding ortho intramolecular Hbond substituents is 1. The van der Waals surface area contributed by atoms with Crippen LogP contribution in [0.4, 0.5) is 0 Å². The van der Waals surface area contributed by atoms with Crippen LogP contribution in [0.25, 0.3) is 33.3 Å². The number of aromatic amines is 1. The fraction of sp³-hybridized carbons (Fsp3) is 0.226. The Hall–Kier alpha value is -5.12. The molecular weight excluding hydrogens is 524 g/mol. The molecule has 1 saturated carbocycles. The maximum Gasteiger partial charge on any atom is 0.335 e. The third kappa shape index (κ3) is 4.88. The monoisotopic (exact) mass is 552 g/mol. The third-order valence-electron chi connectivity index (χ3n) is 7.81. The van der Waals surface area contributed by atoms with Crippen molar-refractivity contribution in [3.63, 3.8) is 0 Å². The van der Waals surface area contributed by atoms with Crippen LogP contribution in [0.5, 0.6) is 5.75 Å². The van der Waals surface area contributed by atoms with Crippen LogP contribution in [0.15, 0.2) is 66.9 Å². The fourth-order valence-corrected chi connectivity index (χ4v) is 5.77. The smallest absolute Gasteiger partial charge is 0.335 e. The number of amides is 1. The molecule has 1 atom stereocenters. The molecule has 0 spiro atoms. The molecule has 6 rings (SSSR count). The Labute approximate surface area is 234 Å². The highest BCUT2D eigenvalue weighted by Crippen LogP contribution is 2.36. The highest BCUT2D eigenvalue weighted by molar-refractivity contribution is 6.01. The van der Waals surface area contributed by atoms with Crippen LogP contribution >= 0.6 is 0 Å². The van der Waals surface area contributed by atoms with Gasteiger partial charge < -0.3 is 30.2 Å². The van der Waals surface area contributed by atoms with Crippen LogP contribution in [-0.4, -0.2) is 47.7 Å². The highest BCUT2D eigenvalue weighted by Gasteiger charge is 2.27. The van der Waals surface area contributed by atoms with E-state index in [4.69, 9.17) is 4.98 Å². The Bertz CT molecular complexity index is 1800. The molecule has 0 bridgehead atoms. The summed E-state index contributed by atoms with van der Waals surface area (Å²) < 4.78 is 2.18. The lowest BCUT2D eigenvalue weighted by Gasteiger charge is -2.25. The number of fused-ring (bicyclic) bond motifs is 2. The molecule has 1 aliphatic rings. The van der Waals surface area contributed by atoms with Crippen molar-refractivity contribution in [2.75, 3.05) is 0 Å². The van der Waals surface area contributed by atoms with Crippen LogP contribution in [0, 0.1) is 0 Å². The summed E-state index contributed by atoms with van der Waals surface area (Å²) in [6.45, 7) is 0. The number of phenols is 1. The zero-order valence-electron chi connectivity index (χ0n) is 22.0. The first-order chi connectivity index (χ1) is 19.8. The zero-order chi connectivity index (χ0) is 28.7. The first-order valence-corrected chi connectivity index (χ1v) is 13.5. The molecule has 0 aliphatic heterocycles. The lowest BCUT2D eigenvalue weighted by molar-refractivity contribution is -0.139. The van der Waals surface area contributed by atoms with Gasteiger partial charge in [-0.2, -0.15) is 0 Å². The lowest BCUT2D eigenvalue weighted by atomic mass is 9.94. The molecule has 0 radical (unpaired) electrons. The number of aromatic hydroxyl groups is 1. The standard InChI is InChI=1S/C31H28N4O6/c36-21-11-12-24-22(15-21)23(16-32-24)27(31(40)41)34-29(37)19-10-13-26-25(14-19)33-28(35(26)20-4-2-1-3-5-20)17-6-8-18(9-7-17)30(38)39/h6-16,20,27,32,36H,1-5H2,(H,34,37)(H,38,39)(H,40,41)/t27-/m0/s1. The molecule has 5 N–H and O–H groups in total. The average molecular weight is 553 g/mol. The van der Waals surface area contributed by atoms with Crippen molar-refractivity contribution in [3.05, 3.63) is 83.6 Å². The van der Waals surface area contributed by atoms with Gasteiger partial charge in [0.1, 0.15) is 11.6 Å². The Morgan fingerprint density at radius 2 is 1.66 bits per heavy atom. The van der Waals surface area contributed by atoms with Gasteiger partial charge in [-0.3, -0.25) is 4.79 Å². The Morgan fingerprint density at radius 1 is 0.927 bits per heavy atom. The molecule has 2 heterocycles. The number of carboxylic acid groups (broad SMARTS) is 2. The van der Waals surface area contributed by atoms with Crippen LogP contribution in [0.1, 0.15) is 70.5 Å². The van der Waals surface area contributed by atoms with Gasteiger partial charge in [0.2, 0.25) is 0 Å². The van der Waals surface area contributed by atoms with Crippen molar-refractivity contribution in [2.24, 2.45) is 0 Å². The normalized spacial score (nSPS) is 14.7. The van der Waals surface area contributed by atoms with Crippen molar-refractivity contribution >= 4 is 39.8 Å². The Balaban J connectivity index is 1.37. The molecule has 1 fully saturated rings. The largest absolute Gasteiger partial charge is 0.508 e. The first-order valence-electron chi connectivity index (χ1n) is 13.5. The van der Waals surface area contributed by atoms with Crippen LogP contribution in [0.3, 0.4) is 0 Å². The summed E-state index contributed by atoms with van der Waals surface area (Å²) in [5.74, 6) is -2.13. The number of aromatic carboxylic acids is 1. The minimum absolute atomic E-state index is 0.0128. The van der Waals surface area contributed by atoms with Crippen LogP contribution in [-0.2, 0) is 4.79 Å². The lowest BCUT2D eigenvalue weighted by Crippen LogP contribution is -2.33. The summed E-state index contributed by atoms with van der Waals surface area (Å²) in [6.07, 6.45) is 6.88. The number of nitrogens with one attached hydrogen (secondary N) is 2. The van der Waals surface area contributed by atoms with E-state index in [0.717, 1.165) is 36.8 Å². The quantitative estimate of drug-likeness (QED) is 0.175. The van der Waals surface area contributed by atoms with E-state index in [0.29, 0.717) is 27.8 Å². The Morgan fingerprint density at radius 3 is 2.37 bits per heavy atom. The summed E-state index contributed by atoms with van der Waals surface area (Å²) in [7, 11) is 0. The number of H-pyrrole nitrogens is 1. The molecule has 5 aromatic rings. The van der Waals surface area contributed by atoms with Gasteiger partial charge in [0.05, 0.1) is 16.6 Å². The van der Waals surface area contributed by atoms with E-state index in [1.54, 1.807) is 42.5 Å². The summed E-state index contributed by atoms with van der Waals surface area (Å²) in [6, 6.07) is 15.2. The van der Waals surface area contributed by atoms with Crippen molar-refractivity contribution in [2.45, 2.75) is 44.2 Å². The number of rotatable bonds is 7. The number of imidazole rings is 1. The number of hydrogen-bond donors (Lipinski definition) is 5. The predicted molar refractivity (Wildman–Crippen MR) is 152 cm³/mol. The van der Waals surface area contributed by atoms with Gasteiger partial charge in [-0.05, 0) is 61.4 Å². The van der Waals surface area contributed by atoms with E-state index < -0.39 is 23.9 Å². The number of benzene rings is 3. The van der Waals surface area contributed by atoms with E-state index in [2.05, 4.69) is 14.9 Å². The molecule has 1 aliphatic carbocycles. The topological polar surface area (TPSA) is 158 Å². The summed E-state index contributed by atoms with van der Waals surface area (Å²) in [5.41, 5.74) is 3.62. The Kier molecular flexibility index (Phi) is 6.66. The van der Waals surface area contributed by atoms with E-state index >= 15 is 0 Å². The number of carbonyl (C=O) groups excluding carboxylic acids is 1. The highest BCUT2D eigenvalue weighted by atomic mass is 16.4. The van der Waals surface area contributed by atoms with Gasteiger partial charge in [-0.1, -0.05) is 31.4 Å². The molecule has 1 amide bonds. The van der Waals surface area contributed by atoms with Crippen molar-refractivity contribution in [1.82, 2.24) is 19.9 Å². The SMILES string of the molecule is O=C(O)c1ccc(-c2nc3cc(C(=O)N[C@H](C(=O)O)c4c[nH]c5ccc(O)cc45)ccc3n2C2CCCCC2)cc1. The summed E-state index contributed by atoms with van der Waals surface area (Å²) in [5, 5.41) is 32.3. The average Bonchev–Trinajstić information content (AvgIpc) is 3.57. The second kappa shape index (κ2) is 10.5. The molecule has 0 unspecified atom stereocenters. The van der Waals surface area contributed by atoms with Gasteiger partial charge >= 0.3 is 11.9 Å². The number of aromatic nitrogens is 3. The van der Waals surface area contributed by atoms with Crippen LogP contribution < -0.4 is 5.32 Å². The van der Waals surface area contributed by atoms with Crippen LogP contribution in [0.2, 0.25) is 0 Å². The van der Waals surface area contributed by atoms with Gasteiger partial charge in [0.15, 0.2) is 6.04 Å². The second-order valence-corrected chi connectivity index (χ2v) is 10.4. The maximum atomic E-state index is 13.3. The van der Waals surface area contributed by atoms with Gasteiger partial charge in [0, 0.05) is 39.8 Å². The van der Waals surface area contributed by atoms with Crippen molar-refractivity contribution in [3.8, 4) is 17.1 Å². The predicted octanol–water partition coefficient (Wildman–Crippen LogP) is 5.65. The number of hydrogen-bond acceptors (Lipinski definition) is 5. The zero-order valence-corrected chi connectivity index (χ0v) is 22.0. The number of aliphatic carboxylic acids is 1. The molecule has 3 aromatic carbocycles. The van der Waals surface area contributed by atoms with E-state index in [-0.39, 0.29) is 22.9 Å². The molecule has 10 heteroatoms. The molecule has 2 aromatic heterocycles. The molecule has 10 nitrogen and oxygen atoms in total. The molecular formula is C31H28N4O6. The molecule has 208 valence electrons. The van der Waals surface area contributed by atoms with Gasteiger partial charge in [0.25, 0.3) is 5.91 Å². The minimum Gasteiger partial charge on any atom is -0.508 e.